The van der Waals surface area contributed by atoms with Gasteiger partial charge in [0, 0.05) is 11.3 Å². The molecule has 0 saturated carbocycles. The van der Waals surface area contributed by atoms with Crippen LogP contribution < -0.4 is 5.73 Å². The van der Waals surface area contributed by atoms with E-state index in [9.17, 15) is 4.79 Å². The minimum Gasteiger partial charge on any atom is -0.462 e. The lowest BCUT2D eigenvalue weighted by atomic mass is 10.2. The lowest BCUT2D eigenvalue weighted by Gasteiger charge is -2.02. The Morgan fingerprint density at radius 3 is 2.97 bits per heavy atom. The number of aromatic amines is 1. The van der Waals surface area contributed by atoms with Gasteiger partial charge in [0.15, 0.2) is 0 Å². The van der Waals surface area contributed by atoms with E-state index in [4.69, 9.17) is 10.5 Å². The van der Waals surface area contributed by atoms with Crippen molar-refractivity contribution >= 4 is 56.4 Å². The minimum absolute atomic E-state index is 0.320. The van der Waals surface area contributed by atoms with Crippen LogP contribution in [0.2, 0.25) is 0 Å². The number of anilines is 1. The normalized spacial score (nSPS) is 11.2. The number of thioether (sulfide) groups is 1. The molecule has 0 spiro atoms. The lowest BCUT2D eigenvalue weighted by molar-refractivity contribution is 0.0531. The molecule has 11 heteroatoms. The maximum Gasteiger partial charge on any atom is 0.348 e. The van der Waals surface area contributed by atoms with E-state index >= 15 is 0 Å². The van der Waals surface area contributed by atoms with Crippen molar-refractivity contribution in [3.63, 3.8) is 0 Å². The summed E-state index contributed by atoms with van der Waals surface area (Å²) < 4.78 is 5.11. The number of aryl methyl sites for hydroxylation is 1. The number of rotatable bonds is 7. The van der Waals surface area contributed by atoms with Gasteiger partial charge in [-0.05, 0) is 30.9 Å². The summed E-state index contributed by atoms with van der Waals surface area (Å²) in [7, 11) is 0. The van der Waals surface area contributed by atoms with Crippen molar-refractivity contribution in [1.82, 2.24) is 25.1 Å². The highest BCUT2D eigenvalue weighted by atomic mass is 32.2. The molecule has 3 N–H and O–H groups in total. The van der Waals surface area contributed by atoms with Crippen molar-refractivity contribution in [2.75, 3.05) is 12.3 Å². The molecule has 0 radical (unpaired) electrons. The van der Waals surface area contributed by atoms with Gasteiger partial charge < -0.3 is 10.5 Å². The van der Waals surface area contributed by atoms with Crippen LogP contribution in [0.25, 0.3) is 10.2 Å². The number of nitrogens with zero attached hydrogens (tertiary/aromatic N) is 4. The van der Waals surface area contributed by atoms with E-state index in [2.05, 4.69) is 31.2 Å². The molecule has 0 atom stereocenters. The highest BCUT2D eigenvalue weighted by Crippen LogP contribution is 2.33. The summed E-state index contributed by atoms with van der Waals surface area (Å²) in [6, 6.07) is 4.09. The molecule has 4 rings (SSSR count). The smallest absolute Gasteiger partial charge is 0.348 e. The molecule has 0 amide bonds. The number of nitrogens with one attached hydrogen (secondary N) is 1. The Bertz CT molecular complexity index is 1150. The number of hydrogen-bond acceptors (Lipinski definition) is 10. The van der Waals surface area contributed by atoms with Gasteiger partial charge in [0.05, 0.1) is 17.7 Å². The molecular weight excluding hydrogens is 428 g/mol. The largest absolute Gasteiger partial charge is 0.462 e. The van der Waals surface area contributed by atoms with Gasteiger partial charge in [-0.2, -0.15) is 0 Å². The zero-order valence-corrected chi connectivity index (χ0v) is 18.2. The molecule has 4 aromatic rings. The third kappa shape index (κ3) is 4.26. The van der Waals surface area contributed by atoms with Crippen LogP contribution in [-0.2, 0) is 16.9 Å². The quantitative estimate of drug-likeness (QED) is 0.325. The fourth-order valence-electron chi connectivity index (χ4n) is 2.80. The Morgan fingerprint density at radius 2 is 2.21 bits per heavy atom. The average Bonchev–Trinajstić information content (AvgIpc) is 3.42. The van der Waals surface area contributed by atoms with Gasteiger partial charge in [-0.3, -0.25) is 5.10 Å². The molecule has 0 aliphatic rings. The Hall–Kier alpha value is -2.50. The number of aromatic nitrogens is 5. The summed E-state index contributed by atoms with van der Waals surface area (Å²) in [6.45, 7) is 3.93. The van der Waals surface area contributed by atoms with E-state index in [0.29, 0.717) is 44.3 Å². The number of carbonyl (C=O) groups excluding carboxylic acids is 1. The molecule has 0 saturated heterocycles. The van der Waals surface area contributed by atoms with Crippen LogP contribution in [0, 0.1) is 6.92 Å². The van der Waals surface area contributed by atoms with Crippen molar-refractivity contribution in [3.8, 4) is 0 Å². The van der Waals surface area contributed by atoms with Gasteiger partial charge in [-0.1, -0.05) is 17.8 Å². The summed E-state index contributed by atoms with van der Waals surface area (Å²) in [5, 5.41) is 10.6. The van der Waals surface area contributed by atoms with Gasteiger partial charge in [0.1, 0.15) is 27.2 Å². The summed E-state index contributed by atoms with van der Waals surface area (Å²) >= 11 is 4.40. The SMILES string of the molecule is CCOC(=O)c1sc2nc(CSc3n[nH]c(Cc4cccs4)n3)nc(N)c2c1C. The van der Waals surface area contributed by atoms with Gasteiger partial charge >= 0.3 is 5.97 Å². The molecule has 0 bridgehead atoms. The number of H-pyrrole nitrogens is 1. The second-order valence-electron chi connectivity index (χ2n) is 6.09. The number of thiophene rings is 2. The molecule has 0 unspecified atom stereocenters. The van der Waals surface area contributed by atoms with Crippen molar-refractivity contribution < 1.29 is 9.53 Å². The van der Waals surface area contributed by atoms with Crippen molar-refractivity contribution in [2.45, 2.75) is 31.2 Å². The van der Waals surface area contributed by atoms with E-state index in [-0.39, 0.29) is 5.97 Å². The Balaban J connectivity index is 1.50. The predicted molar refractivity (Wildman–Crippen MR) is 116 cm³/mol. The molecule has 0 fully saturated rings. The fraction of sp³-hybridized carbons (Fsp3) is 0.278. The zero-order valence-electron chi connectivity index (χ0n) is 15.8. The lowest BCUT2D eigenvalue weighted by Crippen LogP contribution is -2.04. The third-order valence-electron chi connectivity index (χ3n) is 4.09. The van der Waals surface area contributed by atoms with Gasteiger partial charge in [0.2, 0.25) is 5.16 Å². The number of esters is 1. The van der Waals surface area contributed by atoms with Gasteiger partial charge in [-0.15, -0.1) is 27.8 Å². The topological polar surface area (TPSA) is 120 Å². The van der Waals surface area contributed by atoms with E-state index in [1.165, 1.54) is 28.0 Å². The molecule has 29 heavy (non-hydrogen) atoms. The van der Waals surface area contributed by atoms with E-state index < -0.39 is 0 Å². The van der Waals surface area contributed by atoms with Crippen LogP contribution >= 0.6 is 34.4 Å². The van der Waals surface area contributed by atoms with Crippen molar-refractivity contribution in [3.05, 3.63) is 44.5 Å². The molecule has 4 heterocycles. The minimum atomic E-state index is -0.359. The van der Waals surface area contributed by atoms with Crippen molar-refractivity contribution in [2.24, 2.45) is 0 Å². The first-order chi connectivity index (χ1) is 14.0. The molecule has 0 aliphatic heterocycles. The van der Waals surface area contributed by atoms with Gasteiger partial charge in [-0.25, -0.2) is 19.7 Å². The van der Waals surface area contributed by atoms with Crippen LogP contribution in [0.3, 0.4) is 0 Å². The summed E-state index contributed by atoms with van der Waals surface area (Å²) in [5.41, 5.74) is 6.91. The van der Waals surface area contributed by atoms with Crippen LogP contribution in [-0.4, -0.2) is 37.7 Å². The van der Waals surface area contributed by atoms with E-state index in [1.807, 2.05) is 18.4 Å². The first-order valence-corrected chi connectivity index (χ1v) is 11.5. The van der Waals surface area contributed by atoms with Gasteiger partial charge in [0.25, 0.3) is 0 Å². The maximum absolute atomic E-state index is 12.1. The first kappa shape index (κ1) is 19.8. The van der Waals surface area contributed by atoms with Crippen LogP contribution in [0.4, 0.5) is 5.82 Å². The number of ether oxygens (including phenoxy) is 1. The van der Waals surface area contributed by atoms with E-state index in [0.717, 1.165) is 17.8 Å². The standard InChI is InChI=1S/C18H18N6O2S3/c1-3-26-17(25)14-9(2)13-15(19)20-12(21-16(13)29-14)8-28-18-22-11(23-24-18)7-10-5-4-6-27-10/h4-6H,3,7-8H2,1-2H3,(H2,19,20,21)(H,22,23,24). The monoisotopic (exact) mass is 446 g/mol. The highest BCUT2D eigenvalue weighted by Gasteiger charge is 2.20. The second kappa shape index (κ2) is 8.47. The molecule has 4 aromatic heterocycles. The van der Waals surface area contributed by atoms with E-state index in [1.54, 1.807) is 18.3 Å². The molecule has 0 aromatic carbocycles. The Morgan fingerprint density at radius 1 is 1.34 bits per heavy atom. The Labute approximate surface area is 178 Å². The number of nitrogens with two attached hydrogens (primary N) is 1. The summed E-state index contributed by atoms with van der Waals surface area (Å²) in [4.78, 5) is 28.0. The fourth-order valence-corrected chi connectivity index (χ4v) is 5.28. The number of nitrogen functional groups attached to an aromatic ring is 1. The zero-order chi connectivity index (χ0) is 20.4. The average molecular weight is 447 g/mol. The summed E-state index contributed by atoms with van der Waals surface area (Å²) in [5.74, 6) is 1.87. The van der Waals surface area contributed by atoms with Crippen LogP contribution in [0.1, 0.15) is 38.7 Å². The number of fused-ring (bicyclic) bond motifs is 1. The Kier molecular flexibility index (Phi) is 5.79. The third-order valence-corrected chi connectivity index (χ3v) is 6.97. The molecular formula is C18H18N6O2S3. The highest BCUT2D eigenvalue weighted by molar-refractivity contribution is 7.98. The van der Waals surface area contributed by atoms with Crippen LogP contribution in [0.5, 0.6) is 0 Å². The maximum atomic E-state index is 12.1. The second-order valence-corrected chi connectivity index (χ2v) is 9.07. The number of carbonyl (C=O) groups is 1. The summed E-state index contributed by atoms with van der Waals surface area (Å²) in [6.07, 6.45) is 0.728. The molecule has 0 aliphatic carbocycles. The predicted octanol–water partition coefficient (Wildman–Crippen LogP) is 3.82. The number of hydrogen-bond donors (Lipinski definition) is 2. The molecule has 150 valence electrons. The first-order valence-electron chi connectivity index (χ1n) is 8.84. The molecule has 8 nitrogen and oxygen atoms in total. The van der Waals surface area contributed by atoms with Crippen molar-refractivity contribution in [1.29, 1.82) is 0 Å². The van der Waals surface area contributed by atoms with Crippen LogP contribution in [0.15, 0.2) is 22.7 Å².